The van der Waals surface area contributed by atoms with Crippen LogP contribution in [0.15, 0.2) is 62.7 Å². The molecule has 2 heterocycles. The zero-order chi connectivity index (χ0) is 14.7. The molecule has 0 saturated heterocycles. The molecule has 0 bridgehead atoms. The highest BCUT2D eigenvalue weighted by Gasteiger charge is 2.08. The highest BCUT2D eigenvalue weighted by molar-refractivity contribution is 5.82. The lowest BCUT2D eigenvalue weighted by atomic mass is 10.2. The van der Waals surface area contributed by atoms with Crippen LogP contribution in [0.5, 0.6) is 0 Å². The van der Waals surface area contributed by atoms with Crippen molar-refractivity contribution >= 4 is 17.8 Å². The van der Waals surface area contributed by atoms with Gasteiger partial charge in [-0.25, -0.2) is 4.99 Å². The van der Waals surface area contributed by atoms with E-state index >= 15 is 0 Å². The molecule has 3 rings (SSSR count). The van der Waals surface area contributed by atoms with Gasteiger partial charge < -0.3 is 8.94 Å². The molecule has 0 saturated carbocycles. The third-order valence-corrected chi connectivity index (χ3v) is 2.69. The quantitative estimate of drug-likeness (QED) is 0.414. The number of aromatic nitrogens is 1. The van der Waals surface area contributed by atoms with Crippen LogP contribution in [0.3, 0.4) is 0 Å². The minimum atomic E-state index is -0.458. The molecule has 0 unspecified atom stereocenters. The summed E-state index contributed by atoms with van der Waals surface area (Å²) in [5.41, 5.74) is 1.14. The van der Waals surface area contributed by atoms with Gasteiger partial charge in [-0.1, -0.05) is 17.3 Å². The molecule has 0 atom stereocenters. The monoisotopic (exact) mass is 283 g/mol. The zero-order valence-corrected chi connectivity index (χ0v) is 10.7. The standard InChI is InChI=1S/C14H9N3O4/c18-17(19)11-4-1-3-10(7-11)9-15-14-8-12(16-21-14)13-5-2-6-20-13/h1-9H/b15-9+. The molecule has 3 aromatic rings. The first kappa shape index (κ1) is 12.8. The van der Waals surface area contributed by atoms with E-state index < -0.39 is 4.92 Å². The zero-order valence-electron chi connectivity index (χ0n) is 10.7. The molecular weight excluding hydrogens is 274 g/mol. The summed E-state index contributed by atoms with van der Waals surface area (Å²) in [6.07, 6.45) is 3.01. The first-order valence-electron chi connectivity index (χ1n) is 6.01. The predicted octanol–water partition coefficient (Wildman–Crippen LogP) is 3.59. The average Bonchev–Trinajstić information content (AvgIpc) is 3.16. The van der Waals surface area contributed by atoms with Crippen LogP contribution >= 0.6 is 0 Å². The molecule has 0 N–H and O–H groups in total. The molecule has 0 fully saturated rings. The van der Waals surface area contributed by atoms with Crippen molar-refractivity contribution in [1.29, 1.82) is 0 Å². The minimum absolute atomic E-state index is 0.00722. The second-order valence-corrected chi connectivity index (χ2v) is 4.14. The van der Waals surface area contributed by atoms with E-state index in [1.807, 2.05) is 0 Å². The predicted molar refractivity (Wildman–Crippen MR) is 74.6 cm³/mol. The van der Waals surface area contributed by atoms with Gasteiger partial charge in [-0.2, -0.15) is 0 Å². The first-order chi connectivity index (χ1) is 10.2. The van der Waals surface area contributed by atoms with Crippen LogP contribution in [-0.2, 0) is 0 Å². The maximum Gasteiger partial charge on any atom is 0.270 e. The third-order valence-electron chi connectivity index (χ3n) is 2.69. The van der Waals surface area contributed by atoms with Gasteiger partial charge in [0, 0.05) is 24.4 Å². The van der Waals surface area contributed by atoms with Crippen molar-refractivity contribution in [3.8, 4) is 11.5 Å². The van der Waals surface area contributed by atoms with E-state index in [2.05, 4.69) is 10.1 Å². The molecule has 7 heteroatoms. The summed E-state index contributed by atoms with van der Waals surface area (Å²) in [5.74, 6) is 0.864. The maximum absolute atomic E-state index is 10.7. The average molecular weight is 283 g/mol. The van der Waals surface area contributed by atoms with Crippen molar-refractivity contribution in [2.24, 2.45) is 4.99 Å². The SMILES string of the molecule is O=[N+]([O-])c1cccc(/C=N/c2cc(-c3ccco3)no2)c1. The Labute approximate surface area is 118 Å². The van der Waals surface area contributed by atoms with Crippen molar-refractivity contribution in [2.75, 3.05) is 0 Å². The van der Waals surface area contributed by atoms with Gasteiger partial charge in [0.2, 0.25) is 0 Å². The number of furan rings is 1. The Hall–Kier alpha value is -3.22. The van der Waals surface area contributed by atoms with Gasteiger partial charge in [-0.3, -0.25) is 10.1 Å². The van der Waals surface area contributed by atoms with E-state index in [9.17, 15) is 10.1 Å². The van der Waals surface area contributed by atoms with Crippen LogP contribution < -0.4 is 0 Å². The van der Waals surface area contributed by atoms with Gasteiger partial charge in [-0.15, -0.1) is 0 Å². The number of hydrogen-bond acceptors (Lipinski definition) is 6. The van der Waals surface area contributed by atoms with Crippen molar-refractivity contribution < 1.29 is 13.9 Å². The van der Waals surface area contributed by atoms with Crippen molar-refractivity contribution in [1.82, 2.24) is 5.16 Å². The molecular formula is C14H9N3O4. The number of aliphatic imine (C=N–C) groups is 1. The van der Waals surface area contributed by atoms with Crippen molar-refractivity contribution in [3.05, 3.63) is 64.4 Å². The summed E-state index contributed by atoms with van der Waals surface area (Å²) in [6.45, 7) is 0. The van der Waals surface area contributed by atoms with Gasteiger partial charge in [0.1, 0.15) is 0 Å². The van der Waals surface area contributed by atoms with Crippen LogP contribution in [0.25, 0.3) is 11.5 Å². The van der Waals surface area contributed by atoms with E-state index in [-0.39, 0.29) is 11.6 Å². The van der Waals surface area contributed by atoms with E-state index in [0.29, 0.717) is 17.0 Å². The lowest BCUT2D eigenvalue weighted by molar-refractivity contribution is -0.384. The third kappa shape index (κ3) is 2.86. The number of benzene rings is 1. The van der Waals surface area contributed by atoms with E-state index in [4.69, 9.17) is 8.94 Å². The van der Waals surface area contributed by atoms with Crippen molar-refractivity contribution in [3.63, 3.8) is 0 Å². The largest absolute Gasteiger partial charge is 0.463 e. The van der Waals surface area contributed by atoms with Gasteiger partial charge in [-0.05, 0) is 17.7 Å². The number of rotatable bonds is 4. The van der Waals surface area contributed by atoms with E-state index in [1.165, 1.54) is 24.6 Å². The smallest absolute Gasteiger partial charge is 0.270 e. The Bertz CT molecular complexity index is 790. The summed E-state index contributed by atoms with van der Waals surface area (Å²) in [5, 5.41) is 14.5. The van der Waals surface area contributed by atoms with Crippen LogP contribution in [-0.4, -0.2) is 16.3 Å². The summed E-state index contributed by atoms with van der Waals surface area (Å²) in [6, 6.07) is 11.3. The summed E-state index contributed by atoms with van der Waals surface area (Å²) < 4.78 is 10.2. The van der Waals surface area contributed by atoms with Gasteiger partial charge in [0.15, 0.2) is 11.5 Å². The van der Waals surface area contributed by atoms with Gasteiger partial charge in [0.05, 0.1) is 11.2 Å². The molecule has 7 nitrogen and oxygen atoms in total. The van der Waals surface area contributed by atoms with E-state index in [1.54, 1.807) is 30.3 Å². The molecule has 0 aliphatic heterocycles. The summed E-state index contributed by atoms with van der Waals surface area (Å²) >= 11 is 0. The van der Waals surface area contributed by atoms with Crippen molar-refractivity contribution in [2.45, 2.75) is 0 Å². The molecule has 21 heavy (non-hydrogen) atoms. The molecule has 0 aliphatic rings. The first-order valence-corrected chi connectivity index (χ1v) is 6.01. The lowest BCUT2D eigenvalue weighted by Crippen LogP contribution is -1.89. The van der Waals surface area contributed by atoms with Crippen LogP contribution in [0.2, 0.25) is 0 Å². The molecule has 0 spiro atoms. The molecule has 0 radical (unpaired) electrons. The Morgan fingerprint density at radius 3 is 2.90 bits per heavy atom. The van der Waals surface area contributed by atoms with Crippen LogP contribution in [0.1, 0.15) is 5.56 Å². The Kier molecular flexibility index (Phi) is 3.30. The van der Waals surface area contributed by atoms with E-state index in [0.717, 1.165) is 0 Å². The normalized spacial score (nSPS) is 11.0. The molecule has 0 amide bonds. The second-order valence-electron chi connectivity index (χ2n) is 4.14. The van der Waals surface area contributed by atoms with Gasteiger partial charge in [0.25, 0.3) is 11.6 Å². The fourth-order valence-electron chi connectivity index (χ4n) is 1.72. The number of nitro benzene ring substituents is 1. The van der Waals surface area contributed by atoms with Gasteiger partial charge >= 0.3 is 0 Å². The summed E-state index contributed by atoms with van der Waals surface area (Å²) in [7, 11) is 0. The number of hydrogen-bond donors (Lipinski definition) is 0. The Balaban J connectivity index is 1.80. The maximum atomic E-state index is 10.7. The fourth-order valence-corrected chi connectivity index (χ4v) is 1.72. The highest BCUT2D eigenvalue weighted by Crippen LogP contribution is 2.23. The lowest BCUT2D eigenvalue weighted by Gasteiger charge is -1.92. The topological polar surface area (TPSA) is 94.7 Å². The Morgan fingerprint density at radius 1 is 1.24 bits per heavy atom. The van der Waals surface area contributed by atoms with Crippen LogP contribution in [0.4, 0.5) is 11.6 Å². The number of nitro groups is 1. The minimum Gasteiger partial charge on any atom is -0.463 e. The number of non-ortho nitro benzene ring substituents is 1. The molecule has 104 valence electrons. The second kappa shape index (κ2) is 5.41. The molecule has 2 aromatic heterocycles. The number of nitrogens with zero attached hydrogens (tertiary/aromatic N) is 3. The molecule has 0 aliphatic carbocycles. The summed E-state index contributed by atoms with van der Waals surface area (Å²) in [4.78, 5) is 14.3. The Morgan fingerprint density at radius 2 is 2.14 bits per heavy atom. The van der Waals surface area contributed by atoms with Crippen LogP contribution in [0, 0.1) is 10.1 Å². The molecule has 1 aromatic carbocycles. The highest BCUT2D eigenvalue weighted by atomic mass is 16.6. The fraction of sp³-hybridized carbons (Fsp3) is 0.